The van der Waals surface area contributed by atoms with E-state index < -0.39 is 0 Å². The highest BCUT2D eigenvalue weighted by Gasteiger charge is 2.20. The third kappa shape index (κ3) is 0.940. The summed E-state index contributed by atoms with van der Waals surface area (Å²) in [6, 6.07) is 6.38. The maximum Gasteiger partial charge on any atom is 0.0495 e. The number of aromatic nitrogens is 1. The van der Waals surface area contributed by atoms with E-state index in [1.54, 1.807) is 0 Å². The van der Waals surface area contributed by atoms with E-state index in [1.165, 1.54) is 26.6 Å². The highest BCUT2D eigenvalue weighted by Crippen LogP contribution is 2.33. The first-order valence-electron chi connectivity index (χ1n) is 4.74. The highest BCUT2D eigenvalue weighted by molar-refractivity contribution is 9.10. The van der Waals surface area contributed by atoms with Crippen LogP contribution in [0.5, 0.6) is 0 Å². The van der Waals surface area contributed by atoms with Crippen LogP contribution in [0.1, 0.15) is 11.3 Å². The molecule has 0 radical (unpaired) electrons. The molecule has 72 valence electrons. The smallest absolute Gasteiger partial charge is 0.0495 e. The van der Waals surface area contributed by atoms with Crippen molar-refractivity contribution in [2.75, 3.05) is 0 Å². The maximum absolute atomic E-state index is 3.62. The van der Waals surface area contributed by atoms with Crippen LogP contribution in [0.4, 0.5) is 0 Å². The molecule has 0 bridgehead atoms. The molecule has 0 spiro atoms. The lowest BCUT2D eigenvalue weighted by atomic mass is 10.1. The minimum absolute atomic E-state index is 0.993. The summed E-state index contributed by atoms with van der Waals surface area (Å²) in [7, 11) is 2.14. The average Bonchev–Trinajstić information content (AvgIpc) is 2.72. The first kappa shape index (κ1) is 8.50. The second-order valence-corrected chi connectivity index (χ2v) is 4.58. The number of nitrogens with zero attached hydrogens (tertiary/aromatic N) is 1. The fraction of sp³-hybridized carbons (Fsp3) is 0.273. The van der Waals surface area contributed by atoms with E-state index in [0.717, 1.165) is 13.1 Å². The molecule has 1 aromatic carbocycles. The Morgan fingerprint density at radius 3 is 3.07 bits per heavy atom. The molecule has 1 N–H and O–H groups in total. The topological polar surface area (TPSA) is 17.0 Å². The third-order valence-corrected chi connectivity index (χ3v) is 3.66. The summed E-state index contributed by atoms with van der Waals surface area (Å²) in [5.41, 5.74) is 4.20. The van der Waals surface area contributed by atoms with Crippen molar-refractivity contribution in [3.8, 4) is 0 Å². The molecule has 0 fully saturated rings. The molecular weight excluding hydrogens is 240 g/mol. The molecule has 0 amide bonds. The van der Waals surface area contributed by atoms with Gasteiger partial charge in [0.2, 0.25) is 0 Å². The summed E-state index contributed by atoms with van der Waals surface area (Å²) < 4.78 is 3.49. The van der Waals surface area contributed by atoms with Crippen LogP contribution in [0, 0.1) is 0 Å². The monoisotopic (exact) mass is 250 g/mol. The van der Waals surface area contributed by atoms with Crippen LogP contribution < -0.4 is 5.32 Å². The zero-order valence-electron chi connectivity index (χ0n) is 7.97. The van der Waals surface area contributed by atoms with Crippen molar-refractivity contribution in [1.82, 2.24) is 9.88 Å². The summed E-state index contributed by atoms with van der Waals surface area (Å²) >= 11 is 3.62. The second-order valence-electron chi connectivity index (χ2n) is 3.72. The van der Waals surface area contributed by atoms with E-state index in [-0.39, 0.29) is 0 Å². The lowest BCUT2D eigenvalue weighted by Gasteiger charge is -2.01. The van der Waals surface area contributed by atoms with Crippen molar-refractivity contribution in [1.29, 1.82) is 0 Å². The van der Waals surface area contributed by atoms with Crippen LogP contribution in [0.3, 0.4) is 0 Å². The molecule has 1 aromatic heterocycles. The molecule has 1 aliphatic rings. The van der Waals surface area contributed by atoms with E-state index in [9.17, 15) is 0 Å². The molecule has 0 saturated heterocycles. The fourth-order valence-corrected chi connectivity index (χ4v) is 2.90. The Bertz CT molecular complexity index is 513. The number of benzene rings is 1. The van der Waals surface area contributed by atoms with Crippen molar-refractivity contribution < 1.29 is 0 Å². The van der Waals surface area contributed by atoms with Crippen molar-refractivity contribution in [2.45, 2.75) is 13.1 Å². The van der Waals surface area contributed by atoms with Gasteiger partial charge in [0.05, 0.1) is 0 Å². The van der Waals surface area contributed by atoms with E-state index >= 15 is 0 Å². The van der Waals surface area contributed by atoms with Gasteiger partial charge in [-0.2, -0.15) is 0 Å². The van der Waals surface area contributed by atoms with Crippen LogP contribution in [-0.4, -0.2) is 4.57 Å². The third-order valence-electron chi connectivity index (χ3n) is 3.00. The van der Waals surface area contributed by atoms with Gasteiger partial charge in [0.25, 0.3) is 0 Å². The van der Waals surface area contributed by atoms with Gasteiger partial charge in [-0.1, -0.05) is 22.0 Å². The van der Waals surface area contributed by atoms with Gasteiger partial charge in [0.15, 0.2) is 0 Å². The molecule has 0 aliphatic carbocycles. The molecule has 3 heteroatoms. The van der Waals surface area contributed by atoms with Crippen molar-refractivity contribution in [2.24, 2.45) is 7.05 Å². The first-order valence-corrected chi connectivity index (χ1v) is 5.53. The van der Waals surface area contributed by atoms with Gasteiger partial charge in [-0.15, -0.1) is 0 Å². The zero-order valence-corrected chi connectivity index (χ0v) is 9.56. The minimum atomic E-state index is 0.993. The van der Waals surface area contributed by atoms with Crippen LogP contribution in [0.2, 0.25) is 0 Å². The van der Waals surface area contributed by atoms with Gasteiger partial charge < -0.3 is 9.88 Å². The van der Waals surface area contributed by atoms with Crippen LogP contribution in [0.25, 0.3) is 10.9 Å². The Hall–Kier alpha value is -0.800. The van der Waals surface area contributed by atoms with E-state index in [2.05, 4.69) is 51.1 Å². The Labute approximate surface area is 91.0 Å². The summed E-state index contributed by atoms with van der Waals surface area (Å²) in [5.74, 6) is 0. The number of hydrogen-bond donors (Lipinski definition) is 1. The lowest BCUT2D eigenvalue weighted by Crippen LogP contribution is -2.04. The number of halogens is 1. The Morgan fingerprint density at radius 1 is 1.36 bits per heavy atom. The average molecular weight is 251 g/mol. The molecule has 2 nitrogen and oxygen atoms in total. The Kier molecular flexibility index (Phi) is 1.73. The SMILES string of the molecule is Cn1c2c(c3c(Br)cccc31)CNC2. The zero-order chi connectivity index (χ0) is 9.71. The number of aryl methyl sites for hydroxylation is 1. The molecule has 0 saturated carbocycles. The van der Waals surface area contributed by atoms with E-state index in [4.69, 9.17) is 0 Å². The van der Waals surface area contributed by atoms with Gasteiger partial charge in [0.1, 0.15) is 0 Å². The van der Waals surface area contributed by atoms with Crippen molar-refractivity contribution >= 4 is 26.8 Å². The van der Waals surface area contributed by atoms with Gasteiger partial charge >= 0.3 is 0 Å². The number of fused-ring (bicyclic) bond motifs is 3. The molecule has 3 rings (SSSR count). The summed E-state index contributed by atoms with van der Waals surface area (Å²) in [6.45, 7) is 1.99. The van der Waals surface area contributed by atoms with Gasteiger partial charge in [-0.25, -0.2) is 0 Å². The quantitative estimate of drug-likeness (QED) is 0.761. The molecule has 0 unspecified atom stereocenters. The molecule has 2 heterocycles. The van der Waals surface area contributed by atoms with Crippen molar-refractivity contribution in [3.63, 3.8) is 0 Å². The van der Waals surface area contributed by atoms with E-state index in [0.29, 0.717) is 0 Å². The highest BCUT2D eigenvalue weighted by atomic mass is 79.9. The normalized spacial score (nSPS) is 15.0. The predicted octanol–water partition coefficient (Wildman–Crippen LogP) is 2.54. The maximum atomic E-state index is 3.62. The molecule has 1 aliphatic heterocycles. The molecular formula is C11H11BrN2. The largest absolute Gasteiger partial charge is 0.346 e. The Balaban J connectivity index is 2.52. The second kappa shape index (κ2) is 2.84. The van der Waals surface area contributed by atoms with Crippen LogP contribution in [0.15, 0.2) is 22.7 Å². The molecule has 0 atom stereocenters. The van der Waals surface area contributed by atoms with Crippen LogP contribution in [-0.2, 0) is 20.1 Å². The predicted molar refractivity (Wildman–Crippen MR) is 61.2 cm³/mol. The minimum Gasteiger partial charge on any atom is -0.346 e. The van der Waals surface area contributed by atoms with Gasteiger partial charge in [-0.3, -0.25) is 0 Å². The van der Waals surface area contributed by atoms with Gasteiger partial charge in [0, 0.05) is 41.2 Å². The summed E-state index contributed by atoms with van der Waals surface area (Å²) in [5, 5.41) is 4.76. The number of rotatable bonds is 0. The summed E-state index contributed by atoms with van der Waals surface area (Å²) in [4.78, 5) is 0. The lowest BCUT2D eigenvalue weighted by molar-refractivity contribution is 0.733. The number of hydrogen-bond acceptors (Lipinski definition) is 1. The molecule has 14 heavy (non-hydrogen) atoms. The van der Waals surface area contributed by atoms with E-state index in [1.807, 2.05) is 0 Å². The summed E-state index contributed by atoms with van der Waals surface area (Å²) in [6.07, 6.45) is 0. The van der Waals surface area contributed by atoms with Crippen LogP contribution >= 0.6 is 15.9 Å². The number of nitrogens with one attached hydrogen (secondary N) is 1. The standard InChI is InChI=1S/C11H11BrN2/c1-14-9-4-2-3-8(12)11(9)7-5-13-6-10(7)14/h2-4,13H,5-6H2,1H3. The Morgan fingerprint density at radius 2 is 2.21 bits per heavy atom. The molecule has 2 aromatic rings. The van der Waals surface area contributed by atoms with Crippen molar-refractivity contribution in [3.05, 3.63) is 33.9 Å². The first-order chi connectivity index (χ1) is 6.79. The van der Waals surface area contributed by atoms with Gasteiger partial charge in [-0.05, 0) is 17.7 Å². The fourth-order valence-electron chi connectivity index (χ4n) is 2.30.